The lowest BCUT2D eigenvalue weighted by atomic mass is 9.79. The zero-order valence-corrected chi connectivity index (χ0v) is 23.2. The molecule has 5 atom stereocenters. The van der Waals surface area contributed by atoms with E-state index in [4.69, 9.17) is 21.9 Å². The average Bonchev–Trinajstić information content (AvgIpc) is 3.35. The van der Waals surface area contributed by atoms with Crippen LogP contribution in [0.3, 0.4) is 0 Å². The van der Waals surface area contributed by atoms with Gasteiger partial charge in [-0.2, -0.15) is 0 Å². The molecule has 40 heavy (non-hydrogen) atoms. The first kappa shape index (κ1) is 27.9. The van der Waals surface area contributed by atoms with Crippen molar-refractivity contribution in [3.05, 3.63) is 29.3 Å². The number of guanidine groups is 2. The first-order valence-corrected chi connectivity index (χ1v) is 13.5. The SMILES string of the molecule is CC(C)[C@H](N)C(=O)NC[C@@H]1N=C(N)N2CC(NC(=O)c3cccc4c3OCCC4(C)C)C(O)(O)C23NC(N)=[NH+][C@@H]13. The minimum absolute atomic E-state index is 0.000876. The van der Waals surface area contributed by atoms with Crippen LogP contribution in [0.2, 0.25) is 0 Å². The zero-order chi connectivity index (χ0) is 29.2. The highest BCUT2D eigenvalue weighted by molar-refractivity contribution is 5.98. The van der Waals surface area contributed by atoms with Crippen LogP contribution in [0.5, 0.6) is 5.75 Å². The van der Waals surface area contributed by atoms with Gasteiger partial charge in [0.05, 0.1) is 24.8 Å². The molecule has 14 heteroatoms. The van der Waals surface area contributed by atoms with Gasteiger partial charge in [0.25, 0.3) is 11.6 Å². The summed E-state index contributed by atoms with van der Waals surface area (Å²) in [6.45, 7) is 8.26. The number of ether oxygens (including phenoxy) is 1. The molecule has 1 spiro atoms. The fourth-order valence-corrected chi connectivity index (χ4v) is 6.15. The van der Waals surface area contributed by atoms with Crippen molar-refractivity contribution in [1.29, 1.82) is 0 Å². The molecule has 1 saturated heterocycles. The maximum absolute atomic E-state index is 13.6. The smallest absolute Gasteiger partial charge is 0.343 e. The third-order valence-corrected chi connectivity index (χ3v) is 8.66. The van der Waals surface area contributed by atoms with Gasteiger partial charge in [-0.05, 0) is 23.8 Å². The Labute approximate surface area is 232 Å². The Balaban J connectivity index is 1.42. The predicted octanol–water partition coefficient (Wildman–Crippen LogP) is -4.30. The lowest BCUT2D eigenvalue weighted by Gasteiger charge is -2.46. The number of carbonyl (C=O) groups excluding carboxylic acids is 2. The molecule has 0 aliphatic carbocycles. The second-order valence-corrected chi connectivity index (χ2v) is 12.0. The van der Waals surface area contributed by atoms with Crippen LogP contribution < -0.4 is 42.9 Å². The summed E-state index contributed by atoms with van der Waals surface area (Å²) in [5.74, 6) is -2.99. The standard InChI is InChI=1S/C26H39N9O5/c1-12(2)17(27)21(37)30-10-15-19-25(34-22(28)33-19)26(38,39)16(11-35(25)23(29)31-15)32-20(36)13-6-5-7-14-18(13)40-9-8-24(14,3)4/h5-7,12,15-17,19,38-39H,8-11,27H2,1-4H3,(H2,29,31)(H,30,37)(H,32,36)(H3,28,33,34)/p+1/t15-,16?,17-,19-,25?/m0/s1. The molecule has 1 aromatic carbocycles. The minimum Gasteiger partial charge on any atom is -0.492 e. The summed E-state index contributed by atoms with van der Waals surface area (Å²) in [5, 5.41) is 31.9. The molecule has 12 N–H and O–H groups in total. The Bertz CT molecular complexity index is 1280. The second-order valence-electron chi connectivity index (χ2n) is 12.0. The summed E-state index contributed by atoms with van der Waals surface area (Å²) in [6.07, 6.45) is 0.809. The van der Waals surface area contributed by atoms with Crippen LogP contribution in [-0.4, -0.2) is 94.2 Å². The molecule has 4 aliphatic heterocycles. The van der Waals surface area contributed by atoms with E-state index in [0.717, 1.165) is 12.0 Å². The second kappa shape index (κ2) is 9.49. The van der Waals surface area contributed by atoms with Crippen LogP contribution in [0.15, 0.2) is 23.2 Å². The Kier molecular flexibility index (Phi) is 6.63. The van der Waals surface area contributed by atoms with Crippen molar-refractivity contribution in [1.82, 2.24) is 20.9 Å². The number of hydrogen-bond acceptors (Lipinski definition) is 11. The fraction of sp³-hybridized carbons (Fsp3) is 0.615. The van der Waals surface area contributed by atoms with E-state index in [9.17, 15) is 19.8 Å². The van der Waals surface area contributed by atoms with E-state index in [-0.39, 0.29) is 42.2 Å². The van der Waals surface area contributed by atoms with E-state index < -0.39 is 41.5 Å². The van der Waals surface area contributed by atoms with E-state index in [0.29, 0.717) is 17.9 Å². The highest BCUT2D eigenvalue weighted by atomic mass is 16.5. The lowest BCUT2D eigenvalue weighted by Crippen LogP contribution is -2.90. The quantitative estimate of drug-likeness (QED) is 0.153. The highest BCUT2D eigenvalue weighted by Gasteiger charge is 2.76. The number of rotatable bonds is 6. The predicted molar refractivity (Wildman–Crippen MR) is 146 cm³/mol. The molecule has 0 saturated carbocycles. The van der Waals surface area contributed by atoms with Crippen molar-refractivity contribution in [2.24, 2.45) is 28.1 Å². The highest BCUT2D eigenvalue weighted by Crippen LogP contribution is 2.43. The van der Waals surface area contributed by atoms with Crippen molar-refractivity contribution in [3.8, 4) is 5.75 Å². The first-order valence-electron chi connectivity index (χ1n) is 13.5. The van der Waals surface area contributed by atoms with E-state index in [1.54, 1.807) is 12.1 Å². The van der Waals surface area contributed by atoms with Crippen LogP contribution in [0, 0.1) is 5.92 Å². The van der Waals surface area contributed by atoms with Crippen LogP contribution in [0.1, 0.15) is 50.0 Å². The van der Waals surface area contributed by atoms with Gasteiger partial charge in [0, 0.05) is 12.1 Å². The molecule has 1 fully saturated rings. The minimum atomic E-state index is -2.58. The number of benzene rings is 1. The number of nitrogens with two attached hydrogens (primary N) is 3. The molecule has 4 heterocycles. The molecular formula is C26H40N9O5+. The monoisotopic (exact) mass is 558 g/mol. The average molecular weight is 559 g/mol. The van der Waals surface area contributed by atoms with E-state index in [2.05, 4.69) is 39.8 Å². The molecule has 0 bridgehead atoms. The van der Waals surface area contributed by atoms with Crippen LogP contribution in [0.25, 0.3) is 0 Å². The van der Waals surface area contributed by atoms with Crippen LogP contribution in [0.4, 0.5) is 0 Å². The molecule has 14 nitrogen and oxygen atoms in total. The van der Waals surface area contributed by atoms with Gasteiger partial charge < -0.3 is 37.1 Å². The molecular weight excluding hydrogens is 518 g/mol. The third-order valence-electron chi connectivity index (χ3n) is 8.66. The summed E-state index contributed by atoms with van der Waals surface area (Å²) in [6, 6.07) is 1.87. The van der Waals surface area contributed by atoms with Gasteiger partial charge in [-0.15, -0.1) is 0 Å². The van der Waals surface area contributed by atoms with Crippen molar-refractivity contribution < 1.29 is 29.5 Å². The summed E-state index contributed by atoms with van der Waals surface area (Å²) >= 11 is 0. The van der Waals surface area contributed by atoms with Crippen LogP contribution >= 0.6 is 0 Å². The number of hydrogen-bond donors (Lipinski definition) is 9. The summed E-state index contributed by atoms with van der Waals surface area (Å²) in [4.78, 5) is 35.1. The van der Waals surface area contributed by atoms with Crippen molar-refractivity contribution in [3.63, 3.8) is 0 Å². The van der Waals surface area contributed by atoms with E-state index in [1.807, 2.05) is 19.9 Å². The third kappa shape index (κ3) is 4.12. The van der Waals surface area contributed by atoms with Gasteiger partial charge in [-0.25, -0.2) is 10.3 Å². The molecule has 2 unspecified atom stereocenters. The number of aliphatic imine (C=N–C) groups is 1. The molecule has 4 aliphatic rings. The first-order chi connectivity index (χ1) is 18.7. The largest absolute Gasteiger partial charge is 0.492 e. The number of carbonyl (C=O) groups is 2. The van der Waals surface area contributed by atoms with Gasteiger partial charge in [0.1, 0.15) is 17.8 Å². The molecule has 5 rings (SSSR count). The van der Waals surface area contributed by atoms with Crippen molar-refractivity contribution in [2.45, 2.75) is 75.1 Å². The maximum Gasteiger partial charge on any atom is 0.343 e. The summed E-state index contributed by atoms with van der Waals surface area (Å²) < 4.78 is 5.89. The Morgan fingerprint density at radius 1 is 1.30 bits per heavy atom. The van der Waals surface area contributed by atoms with Gasteiger partial charge in [-0.1, -0.05) is 39.8 Å². The van der Waals surface area contributed by atoms with Crippen LogP contribution in [-0.2, 0) is 10.2 Å². The Hall–Kier alpha value is -3.62. The number of amides is 2. The normalized spacial score (nSPS) is 30.1. The number of para-hydroxylation sites is 1. The van der Waals surface area contributed by atoms with E-state index in [1.165, 1.54) is 4.90 Å². The number of aliphatic hydroxyl groups is 2. The Morgan fingerprint density at radius 2 is 2.02 bits per heavy atom. The van der Waals surface area contributed by atoms with Crippen molar-refractivity contribution >= 4 is 23.7 Å². The summed E-state index contributed by atoms with van der Waals surface area (Å²) in [5.41, 5.74) is 17.7. The fourth-order valence-electron chi connectivity index (χ4n) is 6.15. The van der Waals surface area contributed by atoms with Gasteiger partial charge >= 0.3 is 5.96 Å². The number of nitrogens with one attached hydrogen (secondary N) is 4. The summed E-state index contributed by atoms with van der Waals surface area (Å²) in [7, 11) is 0. The molecule has 2 amide bonds. The maximum atomic E-state index is 13.6. The van der Waals surface area contributed by atoms with Gasteiger partial charge in [0.2, 0.25) is 11.7 Å². The van der Waals surface area contributed by atoms with Gasteiger partial charge in [0.15, 0.2) is 12.0 Å². The number of nitrogens with zero attached hydrogens (tertiary/aromatic N) is 2. The topological polar surface area (TPSA) is 228 Å². The van der Waals surface area contributed by atoms with Crippen molar-refractivity contribution in [2.75, 3.05) is 19.7 Å². The molecule has 0 radical (unpaired) electrons. The molecule has 0 aromatic heterocycles. The zero-order valence-electron chi connectivity index (χ0n) is 23.2. The molecule has 1 aromatic rings. The Morgan fingerprint density at radius 3 is 2.73 bits per heavy atom. The van der Waals surface area contributed by atoms with Gasteiger partial charge in [-0.3, -0.25) is 25.2 Å². The van der Waals surface area contributed by atoms with E-state index >= 15 is 0 Å². The number of fused-ring (bicyclic) bond motifs is 1. The lowest BCUT2D eigenvalue weighted by molar-refractivity contribution is -0.521. The molecule has 218 valence electrons.